The van der Waals surface area contributed by atoms with Crippen molar-refractivity contribution in [2.45, 2.75) is 6.92 Å². The minimum absolute atomic E-state index is 0.645. The molecule has 0 saturated heterocycles. The van der Waals surface area contributed by atoms with Gasteiger partial charge in [0.2, 0.25) is 0 Å². The van der Waals surface area contributed by atoms with Gasteiger partial charge in [0.25, 0.3) is 0 Å². The molecule has 0 aliphatic carbocycles. The van der Waals surface area contributed by atoms with Gasteiger partial charge in [-0.05, 0) is 6.92 Å². The van der Waals surface area contributed by atoms with E-state index in [1.54, 1.807) is 12.4 Å². The van der Waals surface area contributed by atoms with Crippen LogP contribution in [0.15, 0.2) is 12.4 Å². The van der Waals surface area contributed by atoms with E-state index in [1.165, 1.54) is 0 Å². The Morgan fingerprint density at radius 2 is 2.21 bits per heavy atom. The summed E-state index contributed by atoms with van der Waals surface area (Å²) in [5.74, 6) is 0. The van der Waals surface area contributed by atoms with Gasteiger partial charge in [0.1, 0.15) is 11.6 Å². The van der Waals surface area contributed by atoms with Gasteiger partial charge in [0, 0.05) is 20.6 Å². The molecule has 0 radical (unpaired) electrons. The van der Waals surface area contributed by atoms with Crippen molar-refractivity contribution in [2.75, 3.05) is 30.9 Å². The van der Waals surface area contributed by atoms with Crippen molar-refractivity contribution >= 4 is 11.4 Å². The van der Waals surface area contributed by atoms with E-state index in [1.807, 2.05) is 25.9 Å². The number of anilines is 2. The zero-order chi connectivity index (χ0) is 10.6. The number of nitriles is 1. The lowest BCUT2D eigenvalue weighted by molar-refractivity contribution is 1.09. The molecule has 1 aromatic heterocycles. The molecule has 0 unspecified atom stereocenters. The Bertz CT molecular complexity index is 352. The molecule has 0 spiro atoms. The Kier molecular flexibility index (Phi) is 3.29. The first-order valence-electron chi connectivity index (χ1n) is 4.50. The van der Waals surface area contributed by atoms with Crippen molar-refractivity contribution in [3.05, 3.63) is 18.0 Å². The van der Waals surface area contributed by atoms with Crippen LogP contribution in [-0.4, -0.2) is 25.6 Å². The van der Waals surface area contributed by atoms with Gasteiger partial charge in [-0.1, -0.05) is 0 Å². The Labute approximate surface area is 84.2 Å². The molecular weight excluding hydrogens is 176 g/mol. The fraction of sp³-hybridized carbons (Fsp3) is 0.400. The van der Waals surface area contributed by atoms with Crippen LogP contribution in [0.2, 0.25) is 0 Å². The van der Waals surface area contributed by atoms with Crippen LogP contribution in [-0.2, 0) is 0 Å². The first-order chi connectivity index (χ1) is 6.70. The van der Waals surface area contributed by atoms with Crippen LogP contribution in [0.5, 0.6) is 0 Å². The minimum atomic E-state index is 0.645. The van der Waals surface area contributed by atoms with Crippen LogP contribution in [0.1, 0.15) is 12.5 Å². The predicted octanol–water partition coefficient (Wildman–Crippen LogP) is 1.45. The number of pyridine rings is 1. The monoisotopic (exact) mass is 190 g/mol. The number of aromatic nitrogens is 1. The minimum Gasteiger partial charge on any atom is -0.383 e. The standard InChI is InChI=1S/C10H14N4/c1-4-13-9-6-12-7-10(14(2)3)8(9)5-11/h6-7,13H,4H2,1-3H3. The molecule has 1 N–H and O–H groups in total. The van der Waals surface area contributed by atoms with Crippen LogP contribution in [0.3, 0.4) is 0 Å². The first kappa shape index (κ1) is 10.3. The van der Waals surface area contributed by atoms with Crippen LogP contribution >= 0.6 is 0 Å². The van der Waals surface area contributed by atoms with Gasteiger partial charge in [0.05, 0.1) is 23.8 Å². The number of nitrogens with one attached hydrogen (secondary N) is 1. The van der Waals surface area contributed by atoms with E-state index in [-0.39, 0.29) is 0 Å². The summed E-state index contributed by atoms with van der Waals surface area (Å²) in [7, 11) is 3.79. The van der Waals surface area contributed by atoms with E-state index >= 15 is 0 Å². The highest BCUT2D eigenvalue weighted by molar-refractivity contribution is 5.69. The Morgan fingerprint density at radius 1 is 1.50 bits per heavy atom. The van der Waals surface area contributed by atoms with Gasteiger partial charge in [0.15, 0.2) is 0 Å². The number of nitrogens with zero attached hydrogens (tertiary/aromatic N) is 3. The van der Waals surface area contributed by atoms with Gasteiger partial charge >= 0.3 is 0 Å². The normalized spacial score (nSPS) is 9.29. The SMILES string of the molecule is CCNc1cncc(N(C)C)c1C#N. The highest BCUT2D eigenvalue weighted by Gasteiger charge is 2.09. The molecule has 0 amide bonds. The van der Waals surface area contributed by atoms with E-state index in [4.69, 9.17) is 5.26 Å². The average Bonchev–Trinajstić information content (AvgIpc) is 2.18. The van der Waals surface area contributed by atoms with Crippen LogP contribution < -0.4 is 10.2 Å². The zero-order valence-electron chi connectivity index (χ0n) is 8.70. The van der Waals surface area contributed by atoms with Crippen molar-refractivity contribution in [3.8, 4) is 6.07 Å². The highest BCUT2D eigenvalue weighted by atomic mass is 15.1. The summed E-state index contributed by atoms with van der Waals surface area (Å²) in [6.07, 6.45) is 3.37. The lowest BCUT2D eigenvalue weighted by Crippen LogP contribution is -2.12. The van der Waals surface area contributed by atoms with Crippen molar-refractivity contribution in [3.63, 3.8) is 0 Å². The maximum absolute atomic E-state index is 9.03. The second-order valence-electron chi connectivity index (χ2n) is 3.12. The quantitative estimate of drug-likeness (QED) is 0.783. The number of rotatable bonds is 3. The summed E-state index contributed by atoms with van der Waals surface area (Å²) in [4.78, 5) is 5.96. The molecule has 0 saturated carbocycles. The lowest BCUT2D eigenvalue weighted by atomic mass is 10.2. The predicted molar refractivity (Wildman–Crippen MR) is 57.4 cm³/mol. The molecule has 4 heteroatoms. The summed E-state index contributed by atoms with van der Waals surface area (Å²) < 4.78 is 0. The fourth-order valence-electron chi connectivity index (χ4n) is 1.23. The summed E-state index contributed by atoms with van der Waals surface area (Å²) in [5, 5.41) is 12.1. The summed E-state index contributed by atoms with van der Waals surface area (Å²) >= 11 is 0. The van der Waals surface area contributed by atoms with Gasteiger partial charge in [-0.3, -0.25) is 4.98 Å². The molecule has 0 aliphatic heterocycles. The molecule has 0 aliphatic rings. The van der Waals surface area contributed by atoms with Crippen molar-refractivity contribution in [1.29, 1.82) is 5.26 Å². The highest BCUT2D eigenvalue weighted by Crippen LogP contribution is 2.23. The average molecular weight is 190 g/mol. The lowest BCUT2D eigenvalue weighted by Gasteiger charge is -2.15. The molecule has 1 rings (SSSR count). The molecule has 0 bridgehead atoms. The van der Waals surface area contributed by atoms with Crippen LogP contribution in [0.25, 0.3) is 0 Å². The first-order valence-corrected chi connectivity index (χ1v) is 4.50. The van der Waals surface area contributed by atoms with Gasteiger partial charge in [-0.15, -0.1) is 0 Å². The summed E-state index contributed by atoms with van der Waals surface area (Å²) in [5.41, 5.74) is 2.28. The topological polar surface area (TPSA) is 52.0 Å². The maximum atomic E-state index is 9.03. The third-order valence-electron chi connectivity index (χ3n) is 1.89. The number of hydrogen-bond acceptors (Lipinski definition) is 4. The van der Waals surface area contributed by atoms with Crippen molar-refractivity contribution < 1.29 is 0 Å². The van der Waals surface area contributed by atoms with Gasteiger partial charge < -0.3 is 10.2 Å². The Hall–Kier alpha value is -1.76. The Balaban J connectivity index is 3.20. The van der Waals surface area contributed by atoms with Crippen molar-refractivity contribution in [2.24, 2.45) is 0 Å². The van der Waals surface area contributed by atoms with E-state index in [2.05, 4.69) is 16.4 Å². The molecule has 0 fully saturated rings. The van der Waals surface area contributed by atoms with Gasteiger partial charge in [-0.2, -0.15) is 5.26 Å². The molecule has 1 aromatic rings. The smallest absolute Gasteiger partial charge is 0.104 e. The van der Waals surface area contributed by atoms with Gasteiger partial charge in [-0.25, -0.2) is 0 Å². The second kappa shape index (κ2) is 4.47. The van der Waals surface area contributed by atoms with E-state index < -0.39 is 0 Å². The number of hydrogen-bond donors (Lipinski definition) is 1. The fourth-order valence-corrected chi connectivity index (χ4v) is 1.23. The van der Waals surface area contributed by atoms with Crippen molar-refractivity contribution in [1.82, 2.24) is 4.98 Å². The molecule has 14 heavy (non-hydrogen) atoms. The molecule has 1 heterocycles. The Morgan fingerprint density at radius 3 is 2.71 bits per heavy atom. The molecule has 74 valence electrons. The maximum Gasteiger partial charge on any atom is 0.104 e. The van der Waals surface area contributed by atoms with E-state index in [9.17, 15) is 0 Å². The van der Waals surface area contributed by atoms with Crippen LogP contribution in [0, 0.1) is 11.3 Å². The third kappa shape index (κ3) is 1.94. The van der Waals surface area contributed by atoms with E-state index in [0.717, 1.165) is 17.9 Å². The summed E-state index contributed by atoms with van der Waals surface area (Å²) in [6, 6.07) is 2.19. The van der Waals surface area contributed by atoms with Crippen LogP contribution in [0.4, 0.5) is 11.4 Å². The molecule has 0 atom stereocenters. The second-order valence-corrected chi connectivity index (χ2v) is 3.12. The molecule has 0 aromatic carbocycles. The van der Waals surface area contributed by atoms with E-state index in [0.29, 0.717) is 5.56 Å². The third-order valence-corrected chi connectivity index (χ3v) is 1.89. The zero-order valence-corrected chi connectivity index (χ0v) is 8.70. The molecule has 4 nitrogen and oxygen atoms in total. The largest absolute Gasteiger partial charge is 0.383 e. The molecular formula is C10H14N4. The summed E-state index contributed by atoms with van der Waals surface area (Å²) in [6.45, 7) is 2.77.